The summed E-state index contributed by atoms with van der Waals surface area (Å²) in [5.41, 5.74) is 5.85. The first-order valence-electron chi connectivity index (χ1n) is 7.38. The van der Waals surface area contributed by atoms with Crippen molar-refractivity contribution in [3.63, 3.8) is 0 Å². The van der Waals surface area contributed by atoms with E-state index in [4.69, 9.17) is 0 Å². The second-order valence-electron chi connectivity index (χ2n) is 5.48. The number of H-pyrrole nitrogens is 1. The largest absolute Gasteiger partial charge is 0.356 e. The Morgan fingerprint density at radius 1 is 1.08 bits per heavy atom. The maximum absolute atomic E-state index is 12.1. The molecule has 0 aliphatic heterocycles. The molecule has 4 N–H and O–H groups in total. The van der Waals surface area contributed by atoms with Crippen LogP contribution in [-0.4, -0.2) is 22.7 Å². The number of carbonyl (C=O) groups excluding carboxylic acids is 3. The van der Waals surface area contributed by atoms with Crippen LogP contribution in [-0.2, 0) is 4.79 Å². The first kappa shape index (κ1) is 16.3. The van der Waals surface area contributed by atoms with Crippen LogP contribution in [0.2, 0.25) is 0 Å². The topological polar surface area (TPSA) is 103 Å². The first-order chi connectivity index (χ1) is 11.5. The van der Waals surface area contributed by atoms with Crippen molar-refractivity contribution in [2.45, 2.75) is 12.8 Å². The van der Waals surface area contributed by atoms with E-state index < -0.39 is 11.8 Å². The zero-order valence-corrected chi connectivity index (χ0v) is 14.1. The van der Waals surface area contributed by atoms with Crippen molar-refractivity contribution in [1.82, 2.24) is 15.8 Å². The van der Waals surface area contributed by atoms with Crippen molar-refractivity contribution in [2.24, 2.45) is 5.92 Å². The minimum atomic E-state index is -0.475. The molecule has 7 nitrogen and oxygen atoms in total. The van der Waals surface area contributed by atoms with Crippen molar-refractivity contribution in [3.05, 3.63) is 52.3 Å². The Labute approximate surface area is 146 Å². The van der Waals surface area contributed by atoms with Gasteiger partial charge >= 0.3 is 0 Å². The van der Waals surface area contributed by atoms with Gasteiger partial charge in [-0.1, -0.05) is 6.07 Å². The van der Waals surface area contributed by atoms with Gasteiger partial charge < -0.3 is 10.3 Å². The van der Waals surface area contributed by atoms with Gasteiger partial charge in [0.15, 0.2) is 0 Å². The highest BCUT2D eigenvalue weighted by molar-refractivity contribution is 9.10. The number of anilines is 1. The van der Waals surface area contributed by atoms with Gasteiger partial charge in [0.2, 0.25) is 5.91 Å². The van der Waals surface area contributed by atoms with E-state index in [0.717, 1.165) is 17.3 Å². The molecular formula is C16H15BrN4O3. The van der Waals surface area contributed by atoms with Crippen molar-refractivity contribution in [2.75, 3.05) is 5.32 Å². The van der Waals surface area contributed by atoms with Gasteiger partial charge in [-0.25, -0.2) is 0 Å². The second kappa shape index (κ2) is 6.88. The standard InChI is InChI=1S/C16H15BrN4O3/c17-11-7-13(18-8-11)16(24)21-20-15(23)10-2-1-3-12(6-10)19-14(22)9-4-5-9/h1-3,6-9,18H,4-5H2,(H,19,22)(H,20,23)(H,21,24). The molecule has 0 bridgehead atoms. The zero-order chi connectivity index (χ0) is 17.1. The molecule has 1 heterocycles. The average Bonchev–Trinajstić information content (AvgIpc) is 3.34. The number of carbonyl (C=O) groups is 3. The highest BCUT2D eigenvalue weighted by atomic mass is 79.9. The molecule has 24 heavy (non-hydrogen) atoms. The number of halogens is 1. The van der Waals surface area contributed by atoms with Crippen LogP contribution >= 0.6 is 15.9 Å². The molecule has 8 heteroatoms. The Hall–Kier alpha value is -2.61. The summed E-state index contributed by atoms with van der Waals surface area (Å²) in [4.78, 5) is 38.5. The number of benzene rings is 1. The molecule has 1 aliphatic carbocycles. The summed E-state index contributed by atoms with van der Waals surface area (Å²) >= 11 is 3.23. The van der Waals surface area contributed by atoms with Gasteiger partial charge in [0.1, 0.15) is 5.69 Å². The summed E-state index contributed by atoms with van der Waals surface area (Å²) in [6.07, 6.45) is 3.43. The Kier molecular flexibility index (Phi) is 4.66. The molecule has 1 saturated carbocycles. The monoisotopic (exact) mass is 390 g/mol. The number of aromatic amines is 1. The van der Waals surface area contributed by atoms with Crippen molar-refractivity contribution < 1.29 is 14.4 Å². The average molecular weight is 391 g/mol. The summed E-state index contributed by atoms with van der Waals surface area (Å²) in [5, 5.41) is 2.78. The lowest BCUT2D eigenvalue weighted by Crippen LogP contribution is -2.41. The van der Waals surface area contributed by atoms with Gasteiger partial charge in [-0.05, 0) is 53.0 Å². The molecule has 0 unspecified atom stereocenters. The van der Waals surface area contributed by atoms with Crippen LogP contribution in [0.15, 0.2) is 41.0 Å². The number of hydrazine groups is 1. The molecule has 124 valence electrons. The Bertz CT molecular complexity index is 798. The highest BCUT2D eigenvalue weighted by Crippen LogP contribution is 2.30. The Morgan fingerprint density at radius 3 is 2.50 bits per heavy atom. The van der Waals surface area contributed by atoms with E-state index in [9.17, 15) is 14.4 Å². The SMILES string of the molecule is O=C(NNC(=O)c1cc(Br)c[nH]1)c1cccc(NC(=O)C2CC2)c1. The number of aromatic nitrogens is 1. The van der Waals surface area contributed by atoms with Crippen molar-refractivity contribution in [3.8, 4) is 0 Å². The first-order valence-corrected chi connectivity index (χ1v) is 8.18. The van der Waals surface area contributed by atoms with Crippen LogP contribution in [0.25, 0.3) is 0 Å². The molecule has 3 amide bonds. The van der Waals surface area contributed by atoms with E-state index >= 15 is 0 Å². The number of amides is 3. The number of rotatable bonds is 4. The molecule has 3 rings (SSSR count). The summed E-state index contributed by atoms with van der Waals surface area (Å²) in [6, 6.07) is 8.13. The van der Waals surface area contributed by atoms with Crippen molar-refractivity contribution in [1.29, 1.82) is 0 Å². The number of nitrogens with one attached hydrogen (secondary N) is 4. The predicted octanol–water partition coefficient (Wildman–Crippen LogP) is 2.20. The Morgan fingerprint density at radius 2 is 1.83 bits per heavy atom. The van der Waals surface area contributed by atoms with Gasteiger partial charge in [-0.3, -0.25) is 25.2 Å². The molecule has 0 radical (unpaired) electrons. The van der Waals surface area contributed by atoms with Gasteiger partial charge in [-0.15, -0.1) is 0 Å². The lowest BCUT2D eigenvalue weighted by molar-refractivity contribution is -0.117. The quantitative estimate of drug-likeness (QED) is 0.601. The minimum absolute atomic E-state index is 0.0295. The molecule has 0 saturated heterocycles. The van der Waals surface area contributed by atoms with Crippen LogP contribution in [0, 0.1) is 5.92 Å². The zero-order valence-electron chi connectivity index (χ0n) is 12.6. The molecule has 1 fully saturated rings. The summed E-state index contributed by atoms with van der Waals surface area (Å²) < 4.78 is 0.734. The van der Waals surface area contributed by atoms with Gasteiger partial charge in [-0.2, -0.15) is 0 Å². The highest BCUT2D eigenvalue weighted by Gasteiger charge is 2.29. The van der Waals surface area contributed by atoms with Gasteiger partial charge in [0, 0.05) is 27.8 Å². The van der Waals surface area contributed by atoms with Crippen LogP contribution < -0.4 is 16.2 Å². The molecule has 1 aromatic carbocycles. The van der Waals surface area contributed by atoms with Crippen LogP contribution in [0.4, 0.5) is 5.69 Å². The van der Waals surface area contributed by atoms with E-state index in [1.54, 1.807) is 36.5 Å². The third-order valence-corrected chi connectivity index (χ3v) is 3.98. The van der Waals surface area contributed by atoms with Crippen LogP contribution in [0.1, 0.15) is 33.7 Å². The normalized spacial score (nSPS) is 13.2. The smallest absolute Gasteiger partial charge is 0.286 e. The van der Waals surface area contributed by atoms with E-state index in [-0.39, 0.29) is 11.8 Å². The van der Waals surface area contributed by atoms with E-state index in [0.29, 0.717) is 16.9 Å². The Balaban J connectivity index is 1.58. The third-order valence-electron chi connectivity index (χ3n) is 3.52. The minimum Gasteiger partial charge on any atom is -0.356 e. The fraction of sp³-hybridized carbons (Fsp3) is 0.188. The van der Waals surface area contributed by atoms with E-state index in [1.165, 1.54) is 0 Å². The fourth-order valence-corrected chi connectivity index (χ4v) is 2.42. The molecular weight excluding hydrogens is 376 g/mol. The van der Waals surface area contributed by atoms with E-state index in [2.05, 4.69) is 37.1 Å². The molecule has 1 aliphatic rings. The van der Waals surface area contributed by atoms with Crippen LogP contribution in [0.3, 0.4) is 0 Å². The number of hydrogen-bond acceptors (Lipinski definition) is 3. The van der Waals surface area contributed by atoms with Gasteiger partial charge in [0.05, 0.1) is 0 Å². The third kappa shape index (κ3) is 4.02. The molecule has 0 spiro atoms. The summed E-state index contributed by atoms with van der Waals surface area (Å²) in [6.45, 7) is 0. The lowest BCUT2D eigenvalue weighted by atomic mass is 10.2. The number of hydrogen-bond donors (Lipinski definition) is 4. The molecule has 2 aromatic rings. The lowest BCUT2D eigenvalue weighted by Gasteiger charge is -2.08. The molecule has 0 atom stereocenters. The maximum atomic E-state index is 12.1. The van der Waals surface area contributed by atoms with Gasteiger partial charge in [0.25, 0.3) is 11.8 Å². The fourth-order valence-electron chi connectivity index (χ4n) is 2.08. The second-order valence-corrected chi connectivity index (χ2v) is 6.40. The summed E-state index contributed by atoms with van der Waals surface area (Å²) in [7, 11) is 0. The maximum Gasteiger partial charge on any atom is 0.286 e. The summed E-state index contributed by atoms with van der Waals surface area (Å²) in [5.74, 6) is -0.885. The molecule has 1 aromatic heterocycles. The van der Waals surface area contributed by atoms with Crippen LogP contribution in [0.5, 0.6) is 0 Å². The van der Waals surface area contributed by atoms with Crippen molar-refractivity contribution >= 4 is 39.3 Å². The predicted molar refractivity (Wildman–Crippen MR) is 91.2 cm³/mol. The van der Waals surface area contributed by atoms with E-state index in [1.807, 2.05) is 0 Å².